The maximum absolute atomic E-state index is 12.9. The van der Waals surface area contributed by atoms with E-state index in [1.54, 1.807) is 13.8 Å². The molecular weight excluding hydrogens is 484 g/mol. The van der Waals surface area contributed by atoms with Gasteiger partial charge in [-0.25, -0.2) is 13.1 Å². The summed E-state index contributed by atoms with van der Waals surface area (Å²) in [6, 6.07) is -0.302. The van der Waals surface area contributed by atoms with Crippen molar-refractivity contribution in [2.75, 3.05) is 19.3 Å². The number of nitrogens with one attached hydrogen (secondary N) is 3. The molecule has 2 unspecified atom stereocenters. The first-order valence-corrected chi connectivity index (χ1v) is 10.3. The van der Waals surface area contributed by atoms with Crippen molar-refractivity contribution in [3.8, 4) is 0 Å². The van der Waals surface area contributed by atoms with Crippen molar-refractivity contribution in [2.45, 2.75) is 64.2 Å². The Kier molecular flexibility index (Phi) is 10.2. The van der Waals surface area contributed by atoms with E-state index >= 15 is 0 Å². The number of halogens is 4. The van der Waals surface area contributed by atoms with Gasteiger partial charge in [0.15, 0.2) is 5.96 Å². The lowest BCUT2D eigenvalue weighted by molar-refractivity contribution is -0.183. The van der Waals surface area contributed by atoms with E-state index in [0.717, 1.165) is 6.26 Å². The predicted molar refractivity (Wildman–Crippen MR) is 108 cm³/mol. The molecule has 1 rings (SSSR count). The second-order valence-electron chi connectivity index (χ2n) is 7.20. The summed E-state index contributed by atoms with van der Waals surface area (Å²) >= 11 is 0. The van der Waals surface area contributed by atoms with Gasteiger partial charge in [-0.3, -0.25) is 4.99 Å². The topological polar surface area (TPSA) is 82.6 Å². The Bertz CT molecular complexity index is 568. The van der Waals surface area contributed by atoms with Gasteiger partial charge in [0.25, 0.3) is 0 Å². The summed E-state index contributed by atoms with van der Waals surface area (Å²) in [5, 5.41) is 6.06. The van der Waals surface area contributed by atoms with Crippen molar-refractivity contribution in [3.05, 3.63) is 0 Å². The molecule has 26 heavy (non-hydrogen) atoms. The van der Waals surface area contributed by atoms with Gasteiger partial charge < -0.3 is 10.6 Å². The number of hydrogen-bond acceptors (Lipinski definition) is 3. The summed E-state index contributed by atoms with van der Waals surface area (Å²) in [7, 11) is -3.38. The van der Waals surface area contributed by atoms with Gasteiger partial charge in [0.2, 0.25) is 10.0 Å². The van der Waals surface area contributed by atoms with Gasteiger partial charge in [-0.2, -0.15) is 13.2 Å². The lowest BCUT2D eigenvalue weighted by Crippen LogP contribution is -2.49. The van der Waals surface area contributed by atoms with Crippen LogP contribution in [0.4, 0.5) is 13.2 Å². The van der Waals surface area contributed by atoms with Crippen LogP contribution in [0.5, 0.6) is 0 Å². The number of sulfonamides is 1. The summed E-state index contributed by atoms with van der Waals surface area (Å²) in [5.74, 6) is -0.885. The summed E-state index contributed by atoms with van der Waals surface area (Å²) in [6.45, 7) is 5.96. The molecule has 1 saturated carbocycles. The lowest BCUT2D eigenvalue weighted by atomic mass is 9.85. The minimum atomic E-state index is -4.17. The monoisotopic (exact) mass is 514 g/mol. The molecule has 11 heteroatoms. The van der Waals surface area contributed by atoms with Gasteiger partial charge in [-0.05, 0) is 40.0 Å². The zero-order valence-corrected chi connectivity index (χ0v) is 18.8. The highest BCUT2D eigenvalue weighted by molar-refractivity contribution is 14.0. The summed E-state index contributed by atoms with van der Waals surface area (Å²) in [5.41, 5.74) is -0.795. The second-order valence-corrected chi connectivity index (χ2v) is 8.95. The van der Waals surface area contributed by atoms with Crippen LogP contribution >= 0.6 is 24.0 Å². The number of guanidine groups is 1. The average molecular weight is 514 g/mol. The van der Waals surface area contributed by atoms with Crippen LogP contribution in [0, 0.1) is 5.92 Å². The molecule has 0 aromatic carbocycles. The first kappa shape index (κ1) is 25.7. The Labute approximate surface area is 171 Å². The normalized spacial score (nSPS) is 22.5. The Morgan fingerprint density at radius 1 is 1.23 bits per heavy atom. The Morgan fingerprint density at radius 3 is 2.35 bits per heavy atom. The first-order chi connectivity index (χ1) is 11.3. The number of alkyl halides is 3. The fraction of sp³-hybridized carbons (Fsp3) is 0.933. The van der Waals surface area contributed by atoms with Gasteiger partial charge in [0.1, 0.15) is 0 Å². The van der Waals surface area contributed by atoms with Gasteiger partial charge in [-0.1, -0.05) is 6.42 Å². The lowest BCUT2D eigenvalue weighted by Gasteiger charge is -2.32. The van der Waals surface area contributed by atoms with E-state index in [1.807, 2.05) is 6.92 Å². The summed E-state index contributed by atoms with van der Waals surface area (Å²) < 4.78 is 64.0. The zero-order chi connectivity index (χ0) is 19.3. The quantitative estimate of drug-likeness (QED) is 0.289. The van der Waals surface area contributed by atoms with Crippen LogP contribution in [0.2, 0.25) is 0 Å². The molecule has 2 atom stereocenters. The maximum Gasteiger partial charge on any atom is 0.391 e. The Morgan fingerprint density at radius 2 is 1.85 bits per heavy atom. The van der Waals surface area contributed by atoms with E-state index < -0.39 is 27.7 Å². The summed E-state index contributed by atoms with van der Waals surface area (Å²) in [4.78, 5) is 4.34. The molecule has 0 aromatic rings. The SMILES string of the molecule is CCNC(=NCC(C)(C)NS(C)(=O)=O)NC1CCCC(C(F)(F)F)C1.I. The molecule has 6 nitrogen and oxygen atoms in total. The van der Waals surface area contributed by atoms with Crippen molar-refractivity contribution in [3.63, 3.8) is 0 Å². The molecular formula is C15H30F3IN4O2S. The van der Waals surface area contributed by atoms with Crippen LogP contribution in [-0.2, 0) is 10.0 Å². The first-order valence-electron chi connectivity index (χ1n) is 8.43. The third-order valence-corrected chi connectivity index (χ3v) is 4.84. The van der Waals surface area contributed by atoms with Crippen molar-refractivity contribution in [1.82, 2.24) is 15.4 Å². The smallest absolute Gasteiger partial charge is 0.357 e. The van der Waals surface area contributed by atoms with E-state index in [1.165, 1.54) is 0 Å². The number of aliphatic imine (C=N–C) groups is 1. The van der Waals surface area contributed by atoms with E-state index in [2.05, 4.69) is 20.3 Å². The molecule has 0 amide bonds. The zero-order valence-electron chi connectivity index (χ0n) is 15.6. The predicted octanol–water partition coefficient (Wildman–Crippen LogP) is 2.61. The molecule has 156 valence electrons. The third kappa shape index (κ3) is 10.1. The molecule has 0 bridgehead atoms. The van der Waals surface area contributed by atoms with E-state index in [9.17, 15) is 21.6 Å². The summed E-state index contributed by atoms with van der Waals surface area (Å²) in [6.07, 6.45) is -1.73. The highest BCUT2D eigenvalue weighted by atomic mass is 127. The second kappa shape index (κ2) is 10.3. The molecule has 0 heterocycles. The molecule has 0 radical (unpaired) electrons. The van der Waals surface area contributed by atoms with Gasteiger partial charge >= 0.3 is 6.18 Å². The fourth-order valence-electron chi connectivity index (χ4n) is 2.94. The van der Waals surface area contributed by atoms with E-state index in [-0.39, 0.29) is 49.4 Å². The van der Waals surface area contributed by atoms with E-state index in [4.69, 9.17) is 0 Å². The van der Waals surface area contributed by atoms with Crippen LogP contribution in [-0.4, -0.2) is 51.5 Å². The van der Waals surface area contributed by atoms with Crippen molar-refractivity contribution < 1.29 is 21.6 Å². The van der Waals surface area contributed by atoms with Crippen LogP contribution < -0.4 is 15.4 Å². The molecule has 3 N–H and O–H groups in total. The van der Waals surface area contributed by atoms with Crippen molar-refractivity contribution in [2.24, 2.45) is 10.9 Å². The molecule has 0 aromatic heterocycles. The van der Waals surface area contributed by atoms with Crippen LogP contribution in [0.15, 0.2) is 4.99 Å². The van der Waals surface area contributed by atoms with Crippen molar-refractivity contribution in [1.29, 1.82) is 0 Å². The van der Waals surface area contributed by atoms with E-state index in [0.29, 0.717) is 25.3 Å². The third-order valence-electron chi connectivity index (χ3n) is 3.92. The van der Waals surface area contributed by atoms with Gasteiger partial charge in [-0.15, -0.1) is 24.0 Å². The fourth-order valence-corrected chi connectivity index (χ4v) is 4.01. The van der Waals surface area contributed by atoms with Gasteiger partial charge in [0.05, 0.1) is 18.7 Å². The average Bonchev–Trinajstić information content (AvgIpc) is 2.42. The van der Waals surface area contributed by atoms with Crippen LogP contribution in [0.25, 0.3) is 0 Å². The molecule has 1 fully saturated rings. The van der Waals surface area contributed by atoms with Crippen LogP contribution in [0.3, 0.4) is 0 Å². The Balaban J connectivity index is 0.00000625. The van der Waals surface area contributed by atoms with Gasteiger partial charge in [0, 0.05) is 18.1 Å². The molecule has 1 aliphatic rings. The molecule has 0 saturated heterocycles. The minimum absolute atomic E-state index is 0. The largest absolute Gasteiger partial charge is 0.391 e. The highest BCUT2D eigenvalue weighted by Gasteiger charge is 2.42. The Hall–Kier alpha value is -0.300. The molecule has 1 aliphatic carbocycles. The van der Waals surface area contributed by atoms with Crippen molar-refractivity contribution >= 4 is 40.0 Å². The number of nitrogens with zero attached hydrogens (tertiary/aromatic N) is 1. The maximum atomic E-state index is 12.9. The minimum Gasteiger partial charge on any atom is -0.357 e. The standard InChI is InChI=1S/C15H29F3N4O2S.HI/c1-5-19-13(20-10-14(2,3)22-25(4,23)24)21-12-8-6-7-11(9-12)15(16,17)18;/h11-12,22H,5-10H2,1-4H3,(H2,19,20,21);1H. The number of rotatable bonds is 6. The van der Waals surface area contributed by atoms with Crippen LogP contribution in [0.1, 0.15) is 46.5 Å². The molecule has 0 spiro atoms. The number of hydrogen-bond donors (Lipinski definition) is 3. The molecule has 0 aliphatic heterocycles. The highest BCUT2D eigenvalue weighted by Crippen LogP contribution is 2.37.